The number of hydrogen-bond acceptors (Lipinski definition) is 3. The number of carbonyl (C=O) groups excluding carboxylic acids is 1. The molecule has 5 nitrogen and oxygen atoms in total. The van der Waals surface area contributed by atoms with Crippen molar-refractivity contribution in [2.45, 2.75) is 33.2 Å². The average Bonchev–Trinajstić information content (AvgIpc) is 2.51. The molecule has 0 saturated heterocycles. The molecule has 0 bridgehead atoms. The SMILES string of the molecule is CCC(NC(=O)c1ccc(NS(C)(=O)=O)cc1Cl)c1ccc(C)cc1C. The third kappa shape index (κ3) is 5.22. The lowest BCUT2D eigenvalue weighted by Crippen LogP contribution is -2.29. The van der Waals surface area contributed by atoms with E-state index >= 15 is 0 Å². The van der Waals surface area contributed by atoms with Crippen molar-refractivity contribution in [3.8, 4) is 0 Å². The Labute approximate surface area is 159 Å². The zero-order valence-corrected chi connectivity index (χ0v) is 16.8. The Bertz CT molecular complexity index is 926. The van der Waals surface area contributed by atoms with Gasteiger partial charge in [-0.3, -0.25) is 9.52 Å². The second kappa shape index (κ2) is 8.10. The van der Waals surface area contributed by atoms with Gasteiger partial charge in [-0.2, -0.15) is 0 Å². The number of sulfonamides is 1. The van der Waals surface area contributed by atoms with E-state index in [1.54, 1.807) is 0 Å². The second-order valence-electron chi connectivity index (χ2n) is 6.36. The summed E-state index contributed by atoms with van der Waals surface area (Å²) in [7, 11) is -3.40. The predicted molar refractivity (Wildman–Crippen MR) is 106 cm³/mol. The van der Waals surface area contributed by atoms with E-state index in [1.165, 1.54) is 23.8 Å². The molecule has 7 heteroatoms. The van der Waals surface area contributed by atoms with Crippen LogP contribution in [0, 0.1) is 13.8 Å². The molecule has 0 heterocycles. The molecule has 0 aliphatic heterocycles. The van der Waals surface area contributed by atoms with Crippen molar-refractivity contribution < 1.29 is 13.2 Å². The topological polar surface area (TPSA) is 75.3 Å². The molecule has 0 aliphatic carbocycles. The summed E-state index contributed by atoms with van der Waals surface area (Å²) in [5.41, 5.74) is 3.97. The van der Waals surface area contributed by atoms with Crippen LogP contribution < -0.4 is 10.0 Å². The number of halogens is 1. The average molecular weight is 395 g/mol. The van der Waals surface area contributed by atoms with Gasteiger partial charge in [0, 0.05) is 5.69 Å². The third-order valence-corrected chi connectivity index (χ3v) is 4.95. The molecular weight excluding hydrogens is 372 g/mol. The van der Waals surface area contributed by atoms with E-state index in [0.29, 0.717) is 11.3 Å². The lowest BCUT2D eigenvalue weighted by atomic mass is 9.97. The number of rotatable bonds is 6. The van der Waals surface area contributed by atoms with Crippen molar-refractivity contribution in [2.75, 3.05) is 11.0 Å². The molecule has 0 spiro atoms. The summed E-state index contributed by atoms with van der Waals surface area (Å²) in [6.45, 7) is 6.06. The van der Waals surface area contributed by atoms with Crippen molar-refractivity contribution in [1.29, 1.82) is 0 Å². The zero-order valence-electron chi connectivity index (χ0n) is 15.3. The number of nitrogens with one attached hydrogen (secondary N) is 2. The highest BCUT2D eigenvalue weighted by atomic mass is 35.5. The van der Waals surface area contributed by atoms with Crippen LogP contribution in [-0.4, -0.2) is 20.6 Å². The van der Waals surface area contributed by atoms with Gasteiger partial charge in [0.15, 0.2) is 0 Å². The Balaban J connectivity index is 2.22. The Morgan fingerprint density at radius 1 is 1.15 bits per heavy atom. The van der Waals surface area contributed by atoms with E-state index in [4.69, 9.17) is 11.6 Å². The van der Waals surface area contributed by atoms with E-state index < -0.39 is 10.0 Å². The molecule has 0 aromatic heterocycles. The van der Waals surface area contributed by atoms with Crippen LogP contribution in [0.1, 0.15) is 46.4 Å². The van der Waals surface area contributed by atoms with E-state index in [2.05, 4.69) is 16.1 Å². The molecule has 0 saturated carbocycles. The standard InChI is InChI=1S/C19H23ClN2O3S/c1-5-18(15-8-6-12(2)10-13(15)3)21-19(23)16-9-7-14(11-17(16)20)22-26(4,24)25/h6-11,18,22H,5H2,1-4H3,(H,21,23). The quantitative estimate of drug-likeness (QED) is 0.770. The van der Waals surface area contributed by atoms with Crippen LogP contribution in [0.2, 0.25) is 5.02 Å². The van der Waals surface area contributed by atoms with Gasteiger partial charge in [-0.15, -0.1) is 0 Å². The molecule has 2 rings (SSSR count). The maximum absolute atomic E-state index is 12.6. The van der Waals surface area contributed by atoms with Crippen molar-refractivity contribution in [3.05, 3.63) is 63.7 Å². The normalized spacial score (nSPS) is 12.5. The Morgan fingerprint density at radius 3 is 2.38 bits per heavy atom. The smallest absolute Gasteiger partial charge is 0.253 e. The van der Waals surface area contributed by atoms with Crippen LogP contribution in [0.3, 0.4) is 0 Å². The minimum atomic E-state index is -3.40. The first-order valence-corrected chi connectivity index (χ1v) is 10.5. The molecule has 0 radical (unpaired) electrons. The number of aryl methyl sites for hydroxylation is 2. The molecule has 2 N–H and O–H groups in total. The fourth-order valence-electron chi connectivity index (χ4n) is 2.83. The summed E-state index contributed by atoms with van der Waals surface area (Å²) in [6.07, 6.45) is 1.79. The number of benzene rings is 2. The van der Waals surface area contributed by atoms with Gasteiger partial charge < -0.3 is 5.32 Å². The van der Waals surface area contributed by atoms with Gasteiger partial charge in [0.05, 0.1) is 22.9 Å². The second-order valence-corrected chi connectivity index (χ2v) is 8.52. The number of carbonyl (C=O) groups is 1. The molecule has 2 aromatic rings. The van der Waals surface area contributed by atoms with Crippen LogP contribution in [0.4, 0.5) is 5.69 Å². The molecule has 0 fully saturated rings. The van der Waals surface area contributed by atoms with Gasteiger partial charge in [0.2, 0.25) is 10.0 Å². The zero-order chi connectivity index (χ0) is 19.5. The van der Waals surface area contributed by atoms with Gasteiger partial charge in [-0.1, -0.05) is 42.3 Å². The van der Waals surface area contributed by atoms with E-state index in [0.717, 1.165) is 23.8 Å². The van der Waals surface area contributed by atoms with Crippen LogP contribution >= 0.6 is 11.6 Å². The molecule has 1 unspecified atom stereocenters. The predicted octanol–water partition coefficient (Wildman–Crippen LogP) is 4.21. The summed E-state index contributed by atoms with van der Waals surface area (Å²) in [4.78, 5) is 12.6. The van der Waals surface area contributed by atoms with Crippen molar-refractivity contribution in [1.82, 2.24) is 5.32 Å². The first-order chi connectivity index (χ1) is 12.1. The van der Waals surface area contributed by atoms with Crippen LogP contribution in [-0.2, 0) is 10.0 Å². The van der Waals surface area contributed by atoms with Gasteiger partial charge in [0.25, 0.3) is 5.91 Å². The Hall–Kier alpha value is -2.05. The van der Waals surface area contributed by atoms with Crippen molar-refractivity contribution in [3.63, 3.8) is 0 Å². The minimum Gasteiger partial charge on any atom is -0.345 e. The van der Waals surface area contributed by atoms with Crippen LogP contribution in [0.5, 0.6) is 0 Å². The van der Waals surface area contributed by atoms with Gasteiger partial charge in [-0.25, -0.2) is 8.42 Å². The summed E-state index contributed by atoms with van der Waals surface area (Å²) >= 11 is 6.18. The molecular formula is C19H23ClN2O3S. The summed E-state index contributed by atoms with van der Waals surface area (Å²) in [6, 6.07) is 10.5. The summed E-state index contributed by atoms with van der Waals surface area (Å²) < 4.78 is 24.9. The van der Waals surface area contributed by atoms with Crippen molar-refractivity contribution in [2.24, 2.45) is 0 Å². The van der Waals surface area contributed by atoms with E-state index in [-0.39, 0.29) is 17.0 Å². The summed E-state index contributed by atoms with van der Waals surface area (Å²) in [5.74, 6) is -0.298. The molecule has 140 valence electrons. The van der Waals surface area contributed by atoms with Gasteiger partial charge in [0.1, 0.15) is 0 Å². The molecule has 2 aromatic carbocycles. The van der Waals surface area contributed by atoms with Gasteiger partial charge >= 0.3 is 0 Å². The van der Waals surface area contributed by atoms with Gasteiger partial charge in [-0.05, 0) is 49.6 Å². The minimum absolute atomic E-state index is 0.131. The molecule has 26 heavy (non-hydrogen) atoms. The largest absolute Gasteiger partial charge is 0.345 e. The highest BCUT2D eigenvalue weighted by molar-refractivity contribution is 7.92. The first kappa shape index (κ1) is 20.3. The van der Waals surface area contributed by atoms with Crippen molar-refractivity contribution >= 4 is 33.2 Å². The number of anilines is 1. The molecule has 1 atom stereocenters. The lowest BCUT2D eigenvalue weighted by Gasteiger charge is -2.20. The maximum atomic E-state index is 12.6. The van der Waals surface area contributed by atoms with Crippen LogP contribution in [0.15, 0.2) is 36.4 Å². The Morgan fingerprint density at radius 2 is 1.85 bits per heavy atom. The number of hydrogen-bond donors (Lipinski definition) is 2. The fourth-order valence-corrected chi connectivity index (χ4v) is 3.65. The third-order valence-electron chi connectivity index (χ3n) is 4.03. The van der Waals surface area contributed by atoms with E-state index in [1.807, 2.05) is 32.9 Å². The summed E-state index contributed by atoms with van der Waals surface area (Å²) in [5, 5.41) is 3.19. The highest BCUT2D eigenvalue weighted by Crippen LogP contribution is 2.25. The highest BCUT2D eigenvalue weighted by Gasteiger charge is 2.18. The number of amides is 1. The van der Waals surface area contributed by atoms with Crippen LogP contribution in [0.25, 0.3) is 0 Å². The lowest BCUT2D eigenvalue weighted by molar-refractivity contribution is 0.0935. The fraction of sp³-hybridized carbons (Fsp3) is 0.316. The molecule has 0 aliphatic rings. The first-order valence-electron chi connectivity index (χ1n) is 8.26. The maximum Gasteiger partial charge on any atom is 0.253 e. The Kier molecular flexibility index (Phi) is 6.31. The molecule has 1 amide bonds. The monoisotopic (exact) mass is 394 g/mol. The van der Waals surface area contributed by atoms with E-state index in [9.17, 15) is 13.2 Å².